The minimum atomic E-state index is -4.72. The van der Waals surface area contributed by atoms with Crippen molar-refractivity contribution >= 4 is 21.4 Å². The Labute approximate surface area is 223 Å². The van der Waals surface area contributed by atoms with Crippen molar-refractivity contribution in [2.24, 2.45) is 11.8 Å². The number of carbonyl (C=O) groups excluding carboxylic acids is 1. The van der Waals surface area contributed by atoms with Crippen molar-refractivity contribution in [1.82, 2.24) is 19.5 Å². The number of rotatable bonds is 4. The Morgan fingerprint density at radius 3 is 2.41 bits per heavy atom. The fourth-order valence-electron chi connectivity index (χ4n) is 6.99. The predicted octanol–water partition coefficient (Wildman–Crippen LogP) is 4.57. The quantitative estimate of drug-likeness (QED) is 0.434. The van der Waals surface area contributed by atoms with E-state index in [1.165, 1.54) is 18.2 Å². The molecule has 0 spiro atoms. The molecule has 3 heterocycles. The molecular formula is C27H28F4N4O3S. The SMILES string of the molecule is CN(C(=O)C1CCS(=O)(=O)CC1)[C@@H](c1ccc([C@H]2c3cnc4cc(F)nn4c3[C@]3(C)CC[C@@H]23)cc1)C(F)(F)F. The van der Waals surface area contributed by atoms with Crippen LogP contribution in [0.25, 0.3) is 5.65 Å². The van der Waals surface area contributed by atoms with Crippen LogP contribution in [0.2, 0.25) is 0 Å². The molecule has 1 aromatic carbocycles. The largest absolute Gasteiger partial charge is 0.413 e. The summed E-state index contributed by atoms with van der Waals surface area (Å²) in [6.07, 6.45) is -1.13. The summed E-state index contributed by atoms with van der Waals surface area (Å²) in [4.78, 5) is 18.1. The molecule has 4 atom stereocenters. The summed E-state index contributed by atoms with van der Waals surface area (Å²) in [6.45, 7) is 2.12. The molecule has 1 saturated heterocycles. The standard InChI is InChI=1S/C27H28F4N4O3S/c1-26-10-7-19(26)22(18-14-32-21-13-20(28)33-35(21)24(18)26)15-3-5-16(6-4-15)23(27(29,30)31)34(2)25(36)17-8-11-39(37,38)12-9-17/h3-6,13-14,17,19,22-23H,7-12H2,1-2H3/t19-,22-,23-,26+/m0/s1. The van der Waals surface area contributed by atoms with E-state index in [9.17, 15) is 30.8 Å². The fourth-order valence-corrected chi connectivity index (χ4v) is 8.48. The highest BCUT2D eigenvalue weighted by Gasteiger charge is 2.57. The molecule has 1 aliphatic heterocycles. The van der Waals surface area contributed by atoms with Crippen molar-refractivity contribution in [3.63, 3.8) is 0 Å². The predicted molar refractivity (Wildman–Crippen MR) is 134 cm³/mol. The number of sulfone groups is 1. The third-order valence-corrected chi connectivity index (χ3v) is 10.8. The van der Waals surface area contributed by atoms with E-state index in [4.69, 9.17) is 0 Å². The van der Waals surface area contributed by atoms with Crippen molar-refractivity contribution in [3.05, 3.63) is 64.9 Å². The summed E-state index contributed by atoms with van der Waals surface area (Å²) in [7, 11) is -2.12. The third-order valence-electron chi connectivity index (χ3n) is 9.11. The lowest BCUT2D eigenvalue weighted by Gasteiger charge is -2.44. The van der Waals surface area contributed by atoms with Gasteiger partial charge in [-0.05, 0) is 42.7 Å². The summed E-state index contributed by atoms with van der Waals surface area (Å²) >= 11 is 0. The van der Waals surface area contributed by atoms with Crippen LogP contribution in [0.1, 0.15) is 67.0 Å². The van der Waals surface area contributed by atoms with Crippen LogP contribution in [0.3, 0.4) is 0 Å². The molecule has 0 unspecified atom stereocenters. The number of fused-ring (bicyclic) bond motifs is 5. The van der Waals surface area contributed by atoms with E-state index in [-0.39, 0.29) is 47.2 Å². The molecular weight excluding hydrogens is 536 g/mol. The van der Waals surface area contributed by atoms with Gasteiger partial charge in [-0.3, -0.25) is 4.79 Å². The van der Waals surface area contributed by atoms with Gasteiger partial charge in [0.2, 0.25) is 11.9 Å². The molecule has 1 amide bonds. The number of amides is 1. The summed E-state index contributed by atoms with van der Waals surface area (Å²) in [5.74, 6) is -2.41. The Morgan fingerprint density at radius 1 is 1.15 bits per heavy atom. The van der Waals surface area contributed by atoms with Gasteiger partial charge in [-0.15, -0.1) is 5.10 Å². The zero-order valence-corrected chi connectivity index (χ0v) is 22.3. The Hall–Kier alpha value is -3.02. The van der Waals surface area contributed by atoms with Crippen LogP contribution >= 0.6 is 0 Å². The van der Waals surface area contributed by atoms with Gasteiger partial charge in [0.25, 0.3) is 0 Å². The van der Waals surface area contributed by atoms with Gasteiger partial charge in [0.05, 0.1) is 17.2 Å². The van der Waals surface area contributed by atoms with Gasteiger partial charge >= 0.3 is 6.18 Å². The average molecular weight is 565 g/mol. The number of hydrogen-bond acceptors (Lipinski definition) is 5. The van der Waals surface area contributed by atoms with Gasteiger partial charge in [-0.2, -0.15) is 17.6 Å². The highest BCUT2D eigenvalue weighted by atomic mass is 32.2. The monoisotopic (exact) mass is 564 g/mol. The van der Waals surface area contributed by atoms with E-state index in [1.807, 2.05) is 0 Å². The maximum absolute atomic E-state index is 14.3. The van der Waals surface area contributed by atoms with Gasteiger partial charge in [0.15, 0.2) is 11.7 Å². The van der Waals surface area contributed by atoms with Gasteiger partial charge < -0.3 is 4.90 Å². The van der Waals surface area contributed by atoms with Gasteiger partial charge in [-0.25, -0.2) is 17.9 Å². The second kappa shape index (κ2) is 8.74. The van der Waals surface area contributed by atoms with Gasteiger partial charge in [0.1, 0.15) is 9.84 Å². The van der Waals surface area contributed by atoms with E-state index in [0.717, 1.165) is 36.7 Å². The van der Waals surface area contributed by atoms with Crippen LogP contribution < -0.4 is 0 Å². The minimum absolute atomic E-state index is 0.0255. The molecule has 1 saturated carbocycles. The lowest BCUT2D eigenvalue weighted by molar-refractivity contribution is -0.190. The number of aromatic nitrogens is 3. The lowest BCUT2D eigenvalue weighted by atomic mass is 9.59. The molecule has 0 N–H and O–H groups in total. The number of hydrogen-bond donors (Lipinski definition) is 0. The van der Waals surface area contributed by atoms with Crippen LogP contribution in [-0.2, 0) is 20.0 Å². The van der Waals surface area contributed by atoms with Crippen LogP contribution in [0.5, 0.6) is 0 Å². The zero-order valence-electron chi connectivity index (χ0n) is 21.4. The molecule has 0 radical (unpaired) electrons. The van der Waals surface area contributed by atoms with Crippen molar-refractivity contribution in [3.8, 4) is 0 Å². The molecule has 208 valence electrons. The van der Waals surface area contributed by atoms with Crippen LogP contribution in [0.4, 0.5) is 17.6 Å². The molecule has 7 nitrogen and oxygen atoms in total. The molecule has 12 heteroatoms. The average Bonchev–Trinajstić information content (AvgIpc) is 3.31. The summed E-state index contributed by atoms with van der Waals surface area (Å²) in [5, 5.41) is 4.02. The molecule has 0 bridgehead atoms. The van der Waals surface area contributed by atoms with E-state index in [0.29, 0.717) is 10.5 Å². The molecule has 39 heavy (non-hydrogen) atoms. The first-order valence-electron chi connectivity index (χ1n) is 13.0. The van der Waals surface area contributed by atoms with Crippen LogP contribution in [-0.4, -0.2) is 58.6 Å². The van der Waals surface area contributed by atoms with E-state index in [2.05, 4.69) is 17.0 Å². The highest BCUT2D eigenvalue weighted by Crippen LogP contribution is 2.63. The maximum atomic E-state index is 14.3. The summed E-state index contributed by atoms with van der Waals surface area (Å²) in [5.41, 5.74) is 2.74. The molecule has 3 aromatic rings. The Morgan fingerprint density at radius 2 is 1.82 bits per heavy atom. The third kappa shape index (κ3) is 4.13. The minimum Gasteiger partial charge on any atom is -0.330 e. The number of halogens is 4. The Balaban J connectivity index is 1.31. The van der Waals surface area contributed by atoms with Crippen molar-refractivity contribution in [2.75, 3.05) is 18.6 Å². The van der Waals surface area contributed by atoms with Crippen molar-refractivity contribution in [1.29, 1.82) is 0 Å². The molecule has 2 aliphatic carbocycles. The molecule has 2 aromatic heterocycles. The van der Waals surface area contributed by atoms with Crippen molar-refractivity contribution < 1.29 is 30.8 Å². The van der Waals surface area contributed by atoms with Gasteiger partial charge in [-0.1, -0.05) is 31.2 Å². The van der Waals surface area contributed by atoms with E-state index < -0.39 is 39.8 Å². The first-order chi connectivity index (χ1) is 18.3. The molecule has 3 aliphatic rings. The van der Waals surface area contributed by atoms with Crippen LogP contribution in [0.15, 0.2) is 36.5 Å². The zero-order chi connectivity index (χ0) is 27.9. The first kappa shape index (κ1) is 26.2. The first-order valence-corrected chi connectivity index (χ1v) is 14.8. The normalized spacial score (nSPS) is 27.0. The Kier molecular flexibility index (Phi) is 5.87. The van der Waals surface area contributed by atoms with Gasteiger partial charge in [0, 0.05) is 42.1 Å². The highest BCUT2D eigenvalue weighted by molar-refractivity contribution is 7.91. The molecule has 6 rings (SSSR count). The number of carbonyl (C=O) groups is 1. The summed E-state index contributed by atoms with van der Waals surface area (Å²) in [6, 6.07) is 5.29. The van der Waals surface area contributed by atoms with E-state index >= 15 is 0 Å². The van der Waals surface area contributed by atoms with E-state index in [1.54, 1.807) is 22.8 Å². The number of nitrogens with zero attached hydrogens (tertiary/aromatic N) is 4. The number of alkyl halides is 3. The van der Waals surface area contributed by atoms with Crippen molar-refractivity contribution in [2.45, 2.75) is 56.2 Å². The fraction of sp³-hybridized carbons (Fsp3) is 0.519. The van der Waals surface area contributed by atoms with Crippen LogP contribution in [0, 0.1) is 17.8 Å². The maximum Gasteiger partial charge on any atom is 0.413 e. The summed E-state index contributed by atoms with van der Waals surface area (Å²) < 4.78 is 81.8. The second-order valence-electron chi connectivity index (χ2n) is 11.3. The Bertz CT molecular complexity index is 1560. The second-order valence-corrected chi connectivity index (χ2v) is 13.6. The lowest BCUT2D eigenvalue weighted by Crippen LogP contribution is -2.44. The topological polar surface area (TPSA) is 84.6 Å². The number of benzene rings is 1. The smallest absolute Gasteiger partial charge is 0.330 e. The molecule has 2 fully saturated rings.